The zero-order valence-electron chi connectivity index (χ0n) is 13.9. The number of benzene rings is 2. The molecule has 1 N–H and O–H groups in total. The minimum absolute atomic E-state index is 0.0889. The predicted molar refractivity (Wildman–Crippen MR) is 93.9 cm³/mol. The van der Waals surface area contributed by atoms with Crippen LogP contribution in [0.2, 0.25) is 0 Å². The van der Waals surface area contributed by atoms with Crippen molar-refractivity contribution in [2.24, 2.45) is 0 Å². The summed E-state index contributed by atoms with van der Waals surface area (Å²) in [5.41, 5.74) is 1.70. The standard InChI is InChI=1S/C18H22N2O3S/c1-15-8-6-7-11-18(15)24(22,23)19-12-13-20(16(2)21)14-17-9-4-3-5-10-17/h3-11,19H,12-14H2,1-2H3. The number of hydrogen-bond acceptors (Lipinski definition) is 3. The van der Waals surface area contributed by atoms with Crippen molar-refractivity contribution in [3.8, 4) is 0 Å². The number of amides is 1. The monoisotopic (exact) mass is 346 g/mol. The Hall–Kier alpha value is -2.18. The molecule has 0 saturated carbocycles. The van der Waals surface area contributed by atoms with Crippen molar-refractivity contribution in [1.29, 1.82) is 0 Å². The van der Waals surface area contributed by atoms with Crippen LogP contribution >= 0.6 is 0 Å². The Morgan fingerprint density at radius 2 is 1.67 bits per heavy atom. The first-order valence-corrected chi connectivity index (χ1v) is 9.23. The second-order valence-electron chi connectivity index (χ2n) is 5.59. The van der Waals surface area contributed by atoms with Gasteiger partial charge in [0.05, 0.1) is 4.90 Å². The summed E-state index contributed by atoms with van der Waals surface area (Å²) in [6, 6.07) is 16.4. The second kappa shape index (κ2) is 8.08. The van der Waals surface area contributed by atoms with E-state index in [1.165, 1.54) is 6.92 Å². The highest BCUT2D eigenvalue weighted by molar-refractivity contribution is 7.89. The van der Waals surface area contributed by atoms with Crippen LogP contribution in [0.1, 0.15) is 18.1 Å². The lowest BCUT2D eigenvalue weighted by Gasteiger charge is -2.21. The van der Waals surface area contributed by atoms with Gasteiger partial charge in [-0.1, -0.05) is 48.5 Å². The number of sulfonamides is 1. The summed E-state index contributed by atoms with van der Waals surface area (Å²) in [5, 5.41) is 0. The average molecular weight is 346 g/mol. The minimum Gasteiger partial charge on any atom is -0.337 e. The van der Waals surface area contributed by atoms with Crippen molar-refractivity contribution in [2.75, 3.05) is 13.1 Å². The molecular weight excluding hydrogens is 324 g/mol. The van der Waals surface area contributed by atoms with Crippen LogP contribution in [0.4, 0.5) is 0 Å². The molecule has 0 fully saturated rings. The van der Waals surface area contributed by atoms with Gasteiger partial charge in [-0.15, -0.1) is 0 Å². The van der Waals surface area contributed by atoms with Crippen LogP contribution in [0.25, 0.3) is 0 Å². The number of aryl methyl sites for hydroxylation is 1. The Morgan fingerprint density at radius 3 is 2.29 bits per heavy atom. The van der Waals surface area contributed by atoms with Gasteiger partial charge in [0.1, 0.15) is 0 Å². The zero-order valence-corrected chi connectivity index (χ0v) is 14.7. The SMILES string of the molecule is CC(=O)N(CCNS(=O)(=O)c1ccccc1C)Cc1ccccc1. The fourth-order valence-corrected chi connectivity index (χ4v) is 3.67. The zero-order chi connectivity index (χ0) is 17.6. The molecular formula is C18H22N2O3S. The Morgan fingerprint density at radius 1 is 1.04 bits per heavy atom. The van der Waals surface area contributed by atoms with Crippen molar-refractivity contribution in [3.05, 3.63) is 65.7 Å². The summed E-state index contributed by atoms with van der Waals surface area (Å²) in [4.78, 5) is 13.7. The molecule has 0 unspecified atom stereocenters. The van der Waals surface area contributed by atoms with Crippen LogP contribution in [0.5, 0.6) is 0 Å². The lowest BCUT2D eigenvalue weighted by molar-refractivity contribution is -0.129. The molecule has 5 nitrogen and oxygen atoms in total. The van der Waals surface area contributed by atoms with Gasteiger partial charge in [0.15, 0.2) is 0 Å². The average Bonchev–Trinajstić information content (AvgIpc) is 2.55. The molecule has 0 aliphatic heterocycles. The molecule has 0 heterocycles. The van der Waals surface area contributed by atoms with Gasteiger partial charge in [-0.05, 0) is 24.1 Å². The fraction of sp³-hybridized carbons (Fsp3) is 0.278. The van der Waals surface area contributed by atoms with Crippen LogP contribution in [-0.2, 0) is 21.4 Å². The third-order valence-corrected chi connectivity index (χ3v) is 5.34. The van der Waals surface area contributed by atoms with E-state index in [4.69, 9.17) is 0 Å². The predicted octanol–water partition coefficient (Wildman–Crippen LogP) is 2.32. The van der Waals surface area contributed by atoms with Crippen molar-refractivity contribution in [1.82, 2.24) is 9.62 Å². The second-order valence-corrected chi connectivity index (χ2v) is 7.32. The van der Waals surface area contributed by atoms with Crippen molar-refractivity contribution in [3.63, 3.8) is 0 Å². The van der Waals surface area contributed by atoms with Gasteiger partial charge in [0.25, 0.3) is 0 Å². The number of rotatable bonds is 7. The number of nitrogens with zero attached hydrogens (tertiary/aromatic N) is 1. The number of nitrogens with one attached hydrogen (secondary N) is 1. The fourth-order valence-electron chi connectivity index (χ4n) is 2.40. The molecule has 0 radical (unpaired) electrons. The van der Waals surface area contributed by atoms with E-state index in [1.54, 1.807) is 36.1 Å². The Balaban J connectivity index is 1.98. The van der Waals surface area contributed by atoms with Crippen LogP contribution in [0, 0.1) is 6.92 Å². The smallest absolute Gasteiger partial charge is 0.240 e. The molecule has 6 heteroatoms. The van der Waals surface area contributed by atoms with E-state index in [-0.39, 0.29) is 17.3 Å². The summed E-state index contributed by atoms with van der Waals surface area (Å²) >= 11 is 0. The summed E-state index contributed by atoms with van der Waals surface area (Å²) in [6.45, 7) is 4.19. The van der Waals surface area contributed by atoms with E-state index < -0.39 is 10.0 Å². The summed E-state index contributed by atoms with van der Waals surface area (Å²) < 4.78 is 27.3. The largest absolute Gasteiger partial charge is 0.337 e. The normalized spacial score (nSPS) is 11.2. The number of carbonyl (C=O) groups is 1. The topological polar surface area (TPSA) is 66.5 Å². The van der Waals surface area contributed by atoms with Gasteiger partial charge in [0.2, 0.25) is 15.9 Å². The Labute approximate surface area is 143 Å². The minimum atomic E-state index is -3.57. The van der Waals surface area contributed by atoms with E-state index in [1.807, 2.05) is 30.3 Å². The summed E-state index contributed by atoms with van der Waals surface area (Å²) in [5.74, 6) is -0.0889. The van der Waals surface area contributed by atoms with Gasteiger partial charge >= 0.3 is 0 Å². The molecule has 2 aromatic rings. The molecule has 0 atom stereocenters. The first-order valence-electron chi connectivity index (χ1n) is 7.75. The summed E-state index contributed by atoms with van der Waals surface area (Å²) in [7, 11) is -3.57. The molecule has 0 aliphatic rings. The highest BCUT2D eigenvalue weighted by atomic mass is 32.2. The highest BCUT2D eigenvalue weighted by Gasteiger charge is 2.17. The van der Waals surface area contributed by atoms with E-state index in [9.17, 15) is 13.2 Å². The molecule has 128 valence electrons. The van der Waals surface area contributed by atoms with Crippen molar-refractivity contribution < 1.29 is 13.2 Å². The van der Waals surface area contributed by atoms with Crippen LogP contribution in [0.15, 0.2) is 59.5 Å². The Bertz CT molecular complexity index is 789. The third-order valence-electron chi connectivity index (χ3n) is 3.72. The van der Waals surface area contributed by atoms with Gasteiger partial charge in [-0.25, -0.2) is 13.1 Å². The molecule has 0 saturated heterocycles. The van der Waals surface area contributed by atoms with Gasteiger partial charge in [0, 0.05) is 26.6 Å². The van der Waals surface area contributed by atoms with Crippen molar-refractivity contribution >= 4 is 15.9 Å². The van der Waals surface area contributed by atoms with E-state index in [0.717, 1.165) is 5.56 Å². The first kappa shape index (κ1) is 18.2. The van der Waals surface area contributed by atoms with Gasteiger partial charge < -0.3 is 4.90 Å². The van der Waals surface area contributed by atoms with Gasteiger partial charge in [-0.3, -0.25) is 4.79 Å². The first-order chi connectivity index (χ1) is 11.4. The van der Waals surface area contributed by atoms with Crippen LogP contribution < -0.4 is 4.72 Å². The maximum Gasteiger partial charge on any atom is 0.240 e. The molecule has 2 aromatic carbocycles. The van der Waals surface area contributed by atoms with Gasteiger partial charge in [-0.2, -0.15) is 0 Å². The summed E-state index contributed by atoms with van der Waals surface area (Å²) in [6.07, 6.45) is 0. The van der Waals surface area contributed by atoms with Crippen LogP contribution in [0.3, 0.4) is 0 Å². The number of carbonyl (C=O) groups excluding carboxylic acids is 1. The number of hydrogen-bond donors (Lipinski definition) is 1. The van der Waals surface area contributed by atoms with Crippen LogP contribution in [-0.4, -0.2) is 32.3 Å². The molecule has 2 rings (SSSR count). The van der Waals surface area contributed by atoms with E-state index in [2.05, 4.69) is 4.72 Å². The van der Waals surface area contributed by atoms with Crippen molar-refractivity contribution in [2.45, 2.75) is 25.3 Å². The molecule has 0 bridgehead atoms. The molecule has 0 aromatic heterocycles. The molecule has 0 spiro atoms. The quantitative estimate of drug-likeness (QED) is 0.837. The third kappa shape index (κ3) is 4.91. The maximum atomic E-state index is 12.3. The maximum absolute atomic E-state index is 12.3. The molecule has 1 amide bonds. The van der Waals surface area contributed by atoms with E-state index >= 15 is 0 Å². The lowest BCUT2D eigenvalue weighted by Crippen LogP contribution is -2.37. The molecule has 0 aliphatic carbocycles. The lowest BCUT2D eigenvalue weighted by atomic mass is 10.2. The highest BCUT2D eigenvalue weighted by Crippen LogP contribution is 2.13. The molecule has 24 heavy (non-hydrogen) atoms. The van der Waals surface area contributed by atoms with E-state index in [0.29, 0.717) is 18.7 Å². The Kier molecular flexibility index (Phi) is 6.11.